The molecular formula is C14H10FN3O6. The zero-order valence-corrected chi connectivity index (χ0v) is 12.0. The molecule has 0 radical (unpaired) electrons. The van der Waals surface area contributed by atoms with Crippen molar-refractivity contribution >= 4 is 17.3 Å². The van der Waals surface area contributed by atoms with Crippen molar-refractivity contribution in [3.8, 4) is 5.75 Å². The van der Waals surface area contributed by atoms with Crippen LogP contribution in [-0.4, -0.2) is 15.8 Å². The van der Waals surface area contributed by atoms with Crippen LogP contribution in [0.15, 0.2) is 36.4 Å². The van der Waals surface area contributed by atoms with Crippen LogP contribution in [0.2, 0.25) is 0 Å². The van der Waals surface area contributed by atoms with Crippen molar-refractivity contribution in [3.63, 3.8) is 0 Å². The van der Waals surface area contributed by atoms with E-state index in [1.807, 2.05) is 0 Å². The third kappa shape index (κ3) is 3.61. The Morgan fingerprint density at radius 1 is 1.08 bits per heavy atom. The summed E-state index contributed by atoms with van der Waals surface area (Å²) in [6.07, 6.45) is 0. The smallest absolute Gasteiger partial charge is 0.311 e. The summed E-state index contributed by atoms with van der Waals surface area (Å²) in [4.78, 5) is 31.5. The number of carbonyl (C=O) groups is 1. The van der Waals surface area contributed by atoms with Gasteiger partial charge in [0.25, 0.3) is 5.69 Å². The first kappa shape index (κ1) is 16.8. The minimum Gasteiger partial charge on any atom is -0.482 e. The largest absolute Gasteiger partial charge is 0.482 e. The van der Waals surface area contributed by atoms with Gasteiger partial charge in [0.15, 0.2) is 5.75 Å². The minimum absolute atomic E-state index is 0.0450. The molecule has 10 heteroatoms. The SMILES string of the molecule is NC(=O)c1ccc(COc2cc(F)ccc2[N+](=O)[O-])c([N+](=O)[O-])c1. The molecule has 2 N–H and O–H groups in total. The second kappa shape index (κ2) is 6.69. The first-order chi connectivity index (χ1) is 11.3. The van der Waals surface area contributed by atoms with Crippen LogP contribution in [0.25, 0.3) is 0 Å². The van der Waals surface area contributed by atoms with Crippen molar-refractivity contribution in [2.75, 3.05) is 0 Å². The van der Waals surface area contributed by atoms with Gasteiger partial charge >= 0.3 is 5.69 Å². The molecule has 9 nitrogen and oxygen atoms in total. The second-order valence-electron chi connectivity index (χ2n) is 4.62. The van der Waals surface area contributed by atoms with Gasteiger partial charge in [-0.2, -0.15) is 0 Å². The fourth-order valence-electron chi connectivity index (χ4n) is 1.92. The van der Waals surface area contributed by atoms with Crippen LogP contribution in [0.3, 0.4) is 0 Å². The van der Waals surface area contributed by atoms with Crippen LogP contribution in [0, 0.1) is 26.0 Å². The van der Waals surface area contributed by atoms with E-state index in [1.165, 1.54) is 12.1 Å². The van der Waals surface area contributed by atoms with Gasteiger partial charge < -0.3 is 10.5 Å². The molecule has 2 rings (SSSR count). The van der Waals surface area contributed by atoms with Crippen LogP contribution < -0.4 is 10.5 Å². The number of halogens is 1. The fraction of sp³-hybridized carbons (Fsp3) is 0.0714. The van der Waals surface area contributed by atoms with Gasteiger partial charge in [-0.3, -0.25) is 25.0 Å². The Kier molecular flexibility index (Phi) is 4.68. The molecule has 0 aliphatic heterocycles. The van der Waals surface area contributed by atoms with Crippen molar-refractivity contribution in [1.29, 1.82) is 0 Å². The van der Waals surface area contributed by atoms with Crippen LogP contribution in [0.5, 0.6) is 5.75 Å². The molecule has 24 heavy (non-hydrogen) atoms. The second-order valence-corrected chi connectivity index (χ2v) is 4.62. The molecule has 1 amide bonds. The molecule has 124 valence electrons. The number of ether oxygens (including phenoxy) is 1. The Hall–Kier alpha value is -3.56. The van der Waals surface area contributed by atoms with E-state index in [-0.39, 0.29) is 16.9 Å². The number of amides is 1. The molecule has 0 heterocycles. The summed E-state index contributed by atoms with van der Waals surface area (Å²) < 4.78 is 18.4. The predicted octanol–water partition coefficient (Wildman–Crippen LogP) is 2.32. The van der Waals surface area contributed by atoms with Gasteiger partial charge in [0.1, 0.15) is 12.4 Å². The highest BCUT2D eigenvalue weighted by Crippen LogP contribution is 2.29. The summed E-state index contributed by atoms with van der Waals surface area (Å²) in [5, 5.41) is 21.9. The maximum atomic E-state index is 13.2. The summed E-state index contributed by atoms with van der Waals surface area (Å²) >= 11 is 0. The Balaban J connectivity index is 2.33. The van der Waals surface area contributed by atoms with Crippen molar-refractivity contribution in [2.24, 2.45) is 5.73 Å². The number of hydrogen-bond donors (Lipinski definition) is 1. The lowest BCUT2D eigenvalue weighted by Gasteiger charge is -2.08. The van der Waals surface area contributed by atoms with Crippen molar-refractivity contribution in [2.45, 2.75) is 6.61 Å². The maximum absolute atomic E-state index is 13.2. The van der Waals surface area contributed by atoms with Crippen molar-refractivity contribution < 1.29 is 23.8 Å². The van der Waals surface area contributed by atoms with E-state index >= 15 is 0 Å². The number of benzene rings is 2. The standard InChI is InChI=1S/C14H10FN3O6/c15-10-3-4-11(17(20)21)13(6-10)24-7-9-2-1-8(14(16)19)5-12(9)18(22)23/h1-6H,7H2,(H2,16,19). The topological polar surface area (TPSA) is 139 Å². The maximum Gasteiger partial charge on any atom is 0.311 e. The molecule has 0 saturated heterocycles. The van der Waals surface area contributed by atoms with E-state index in [0.717, 1.165) is 24.3 Å². The summed E-state index contributed by atoms with van der Waals surface area (Å²) in [6.45, 7) is -0.431. The highest BCUT2D eigenvalue weighted by Gasteiger charge is 2.20. The average molecular weight is 335 g/mol. The van der Waals surface area contributed by atoms with Crippen molar-refractivity contribution in [3.05, 3.63) is 73.6 Å². The van der Waals surface area contributed by atoms with E-state index in [0.29, 0.717) is 0 Å². The van der Waals surface area contributed by atoms with Gasteiger partial charge in [-0.25, -0.2) is 4.39 Å². The number of nitrogens with zero attached hydrogens (tertiary/aromatic N) is 2. The van der Waals surface area contributed by atoms with E-state index in [2.05, 4.69) is 0 Å². The van der Waals surface area contributed by atoms with Crippen molar-refractivity contribution in [1.82, 2.24) is 0 Å². The summed E-state index contributed by atoms with van der Waals surface area (Å²) in [7, 11) is 0. The summed E-state index contributed by atoms with van der Waals surface area (Å²) in [5.74, 6) is -1.96. The molecule has 0 unspecified atom stereocenters. The first-order valence-electron chi connectivity index (χ1n) is 6.43. The Labute approximate surface area is 133 Å². The van der Waals surface area contributed by atoms with E-state index in [9.17, 15) is 29.4 Å². The molecule has 2 aromatic carbocycles. The quantitative estimate of drug-likeness (QED) is 0.635. The molecule has 0 spiro atoms. The van der Waals surface area contributed by atoms with Crippen LogP contribution >= 0.6 is 0 Å². The number of primary amides is 1. The van der Waals surface area contributed by atoms with Gasteiger partial charge in [-0.1, -0.05) is 0 Å². The molecule has 0 saturated carbocycles. The van der Waals surface area contributed by atoms with Crippen LogP contribution in [-0.2, 0) is 6.61 Å². The molecular weight excluding hydrogens is 325 g/mol. The fourth-order valence-corrected chi connectivity index (χ4v) is 1.92. The molecule has 0 fully saturated rings. The highest BCUT2D eigenvalue weighted by atomic mass is 19.1. The van der Waals surface area contributed by atoms with Gasteiger partial charge in [0.05, 0.1) is 15.4 Å². The van der Waals surface area contributed by atoms with E-state index in [4.69, 9.17) is 10.5 Å². The zero-order chi connectivity index (χ0) is 17.9. The lowest BCUT2D eigenvalue weighted by Crippen LogP contribution is -2.12. The highest BCUT2D eigenvalue weighted by molar-refractivity contribution is 5.93. The molecule has 2 aromatic rings. The average Bonchev–Trinajstić information content (AvgIpc) is 2.52. The third-order valence-corrected chi connectivity index (χ3v) is 3.07. The Morgan fingerprint density at radius 2 is 1.75 bits per heavy atom. The number of carbonyl (C=O) groups excluding carboxylic acids is 1. The van der Waals surface area contributed by atoms with Gasteiger partial charge in [0, 0.05) is 23.8 Å². The number of nitro groups is 2. The number of nitro benzene ring substituents is 2. The molecule has 0 atom stereocenters. The van der Waals surface area contributed by atoms with Gasteiger partial charge in [-0.15, -0.1) is 0 Å². The van der Waals surface area contributed by atoms with Crippen LogP contribution in [0.4, 0.5) is 15.8 Å². The lowest BCUT2D eigenvalue weighted by atomic mass is 10.1. The van der Waals surface area contributed by atoms with E-state index in [1.54, 1.807) is 0 Å². The van der Waals surface area contributed by atoms with Gasteiger partial charge in [-0.05, 0) is 18.2 Å². The monoisotopic (exact) mass is 335 g/mol. The van der Waals surface area contributed by atoms with Crippen LogP contribution in [0.1, 0.15) is 15.9 Å². The predicted molar refractivity (Wildman–Crippen MR) is 79.0 cm³/mol. The molecule has 0 aliphatic rings. The molecule has 0 aromatic heterocycles. The first-order valence-corrected chi connectivity index (χ1v) is 6.43. The molecule has 0 bridgehead atoms. The summed E-state index contributed by atoms with van der Waals surface area (Å²) in [6, 6.07) is 6.10. The number of nitrogens with two attached hydrogens (primary N) is 1. The van der Waals surface area contributed by atoms with Gasteiger partial charge in [0.2, 0.25) is 5.91 Å². The normalized spacial score (nSPS) is 10.2. The minimum atomic E-state index is -0.841. The summed E-state index contributed by atoms with van der Waals surface area (Å²) in [5.41, 5.74) is 4.12. The molecule has 0 aliphatic carbocycles. The Morgan fingerprint density at radius 3 is 2.33 bits per heavy atom. The van der Waals surface area contributed by atoms with E-state index < -0.39 is 39.6 Å². The lowest BCUT2D eigenvalue weighted by molar-refractivity contribution is -0.387. The zero-order valence-electron chi connectivity index (χ0n) is 12.0. The number of hydrogen-bond acceptors (Lipinski definition) is 6. The Bertz CT molecular complexity index is 839. The number of rotatable bonds is 6. The third-order valence-electron chi connectivity index (χ3n) is 3.07.